The van der Waals surface area contributed by atoms with Crippen LogP contribution in [0.2, 0.25) is 0 Å². The summed E-state index contributed by atoms with van der Waals surface area (Å²) in [5, 5.41) is 17.3. The quantitative estimate of drug-likeness (QED) is 0.684. The van der Waals surface area contributed by atoms with Gasteiger partial charge in [-0.2, -0.15) is 0 Å². The molecule has 0 saturated carbocycles. The Balaban J connectivity index is 1.80. The molecule has 4 N–H and O–H groups in total. The highest BCUT2D eigenvalue weighted by atomic mass is 16.3. The molecule has 0 radical (unpaired) electrons. The molecule has 0 aliphatic heterocycles. The standard InChI is InChI=1S/C17H19N3O3/c1-12(21)19-14-3-2-4-15(11-14)20-17(23)18-10-9-13-5-7-16(22)8-6-13/h2-8,11,22H,9-10H2,1H3,(H,19,21)(H2,18,20,23). The van der Waals surface area contributed by atoms with Crippen molar-refractivity contribution in [3.63, 3.8) is 0 Å². The average Bonchev–Trinajstić information content (AvgIpc) is 2.49. The van der Waals surface area contributed by atoms with Gasteiger partial charge in [0.15, 0.2) is 0 Å². The van der Waals surface area contributed by atoms with E-state index in [2.05, 4.69) is 16.0 Å². The van der Waals surface area contributed by atoms with E-state index >= 15 is 0 Å². The van der Waals surface area contributed by atoms with E-state index in [-0.39, 0.29) is 17.7 Å². The van der Waals surface area contributed by atoms with Crippen LogP contribution in [0.1, 0.15) is 12.5 Å². The summed E-state index contributed by atoms with van der Waals surface area (Å²) in [6.45, 7) is 1.90. The van der Waals surface area contributed by atoms with E-state index in [1.165, 1.54) is 6.92 Å². The van der Waals surface area contributed by atoms with Gasteiger partial charge >= 0.3 is 6.03 Å². The van der Waals surface area contributed by atoms with Gasteiger partial charge in [0.1, 0.15) is 5.75 Å². The Morgan fingerprint density at radius 1 is 1.00 bits per heavy atom. The van der Waals surface area contributed by atoms with Crippen LogP contribution in [-0.2, 0) is 11.2 Å². The van der Waals surface area contributed by atoms with Crippen molar-refractivity contribution < 1.29 is 14.7 Å². The van der Waals surface area contributed by atoms with Gasteiger partial charge in [-0.05, 0) is 42.3 Å². The number of hydrogen-bond donors (Lipinski definition) is 4. The number of carbonyl (C=O) groups is 2. The van der Waals surface area contributed by atoms with Crippen LogP contribution in [0, 0.1) is 0 Å². The predicted octanol–water partition coefficient (Wildman–Crippen LogP) is 2.71. The number of phenols is 1. The molecule has 23 heavy (non-hydrogen) atoms. The van der Waals surface area contributed by atoms with Gasteiger partial charge in [-0.25, -0.2) is 4.79 Å². The number of hydrogen-bond acceptors (Lipinski definition) is 3. The maximum Gasteiger partial charge on any atom is 0.319 e. The molecule has 6 heteroatoms. The lowest BCUT2D eigenvalue weighted by Gasteiger charge is -2.09. The van der Waals surface area contributed by atoms with Crippen LogP contribution < -0.4 is 16.0 Å². The molecule has 2 aromatic carbocycles. The van der Waals surface area contributed by atoms with Crippen molar-refractivity contribution >= 4 is 23.3 Å². The van der Waals surface area contributed by atoms with Crippen molar-refractivity contribution in [1.82, 2.24) is 5.32 Å². The molecule has 0 aliphatic carbocycles. The van der Waals surface area contributed by atoms with Crippen molar-refractivity contribution in [3.8, 4) is 5.75 Å². The summed E-state index contributed by atoms with van der Waals surface area (Å²) < 4.78 is 0. The minimum absolute atomic E-state index is 0.166. The van der Waals surface area contributed by atoms with E-state index < -0.39 is 0 Å². The third-order valence-corrected chi connectivity index (χ3v) is 3.08. The zero-order chi connectivity index (χ0) is 16.7. The smallest absolute Gasteiger partial charge is 0.319 e. The molecule has 3 amide bonds. The second kappa shape index (κ2) is 7.84. The second-order valence-corrected chi connectivity index (χ2v) is 5.06. The third kappa shape index (κ3) is 5.70. The van der Waals surface area contributed by atoms with Gasteiger partial charge in [0, 0.05) is 24.8 Å². The molecule has 0 saturated heterocycles. The van der Waals surface area contributed by atoms with Gasteiger partial charge in [-0.1, -0.05) is 18.2 Å². The molecule has 0 fully saturated rings. The first-order chi connectivity index (χ1) is 11.0. The summed E-state index contributed by atoms with van der Waals surface area (Å²) in [5.74, 6) is 0.0546. The monoisotopic (exact) mass is 313 g/mol. The van der Waals surface area contributed by atoms with Crippen LogP contribution in [-0.4, -0.2) is 23.6 Å². The zero-order valence-corrected chi connectivity index (χ0v) is 12.8. The fourth-order valence-corrected chi connectivity index (χ4v) is 2.04. The van der Waals surface area contributed by atoms with E-state index in [0.717, 1.165) is 5.56 Å². The van der Waals surface area contributed by atoms with Crippen LogP contribution in [0.3, 0.4) is 0 Å². The molecule has 2 aromatic rings. The first-order valence-electron chi connectivity index (χ1n) is 7.23. The largest absolute Gasteiger partial charge is 0.508 e. The van der Waals surface area contributed by atoms with E-state index in [4.69, 9.17) is 0 Å². The lowest BCUT2D eigenvalue weighted by atomic mass is 10.1. The Hall–Kier alpha value is -3.02. The average molecular weight is 313 g/mol. The molecule has 0 aromatic heterocycles. The van der Waals surface area contributed by atoms with Crippen molar-refractivity contribution in [1.29, 1.82) is 0 Å². The van der Waals surface area contributed by atoms with Gasteiger partial charge in [0.05, 0.1) is 0 Å². The fraction of sp³-hybridized carbons (Fsp3) is 0.176. The lowest BCUT2D eigenvalue weighted by molar-refractivity contribution is -0.114. The van der Waals surface area contributed by atoms with Gasteiger partial charge in [-0.3, -0.25) is 4.79 Å². The predicted molar refractivity (Wildman–Crippen MR) is 89.6 cm³/mol. The third-order valence-electron chi connectivity index (χ3n) is 3.08. The summed E-state index contributed by atoms with van der Waals surface area (Å²) in [6, 6.07) is 13.4. The van der Waals surface area contributed by atoms with Crippen LogP contribution in [0.5, 0.6) is 5.75 Å². The fourth-order valence-electron chi connectivity index (χ4n) is 2.04. The first kappa shape index (κ1) is 16.4. The molecular formula is C17H19N3O3. The number of carbonyl (C=O) groups excluding carboxylic acids is 2. The van der Waals surface area contributed by atoms with Crippen molar-refractivity contribution in [2.24, 2.45) is 0 Å². The minimum atomic E-state index is -0.316. The molecule has 0 aliphatic rings. The van der Waals surface area contributed by atoms with Crippen LogP contribution >= 0.6 is 0 Å². The number of anilines is 2. The van der Waals surface area contributed by atoms with Crippen molar-refractivity contribution in [3.05, 3.63) is 54.1 Å². The number of phenolic OH excluding ortho intramolecular Hbond substituents is 1. The summed E-state index contributed by atoms with van der Waals surface area (Å²) in [7, 11) is 0. The SMILES string of the molecule is CC(=O)Nc1cccc(NC(=O)NCCc2ccc(O)cc2)c1. The molecule has 0 spiro atoms. The highest BCUT2D eigenvalue weighted by Crippen LogP contribution is 2.15. The Bertz CT molecular complexity index is 684. The van der Waals surface area contributed by atoms with Gasteiger partial charge < -0.3 is 21.1 Å². The Morgan fingerprint density at radius 3 is 2.30 bits per heavy atom. The molecule has 6 nitrogen and oxygen atoms in total. The Kier molecular flexibility index (Phi) is 5.57. The highest BCUT2D eigenvalue weighted by Gasteiger charge is 2.03. The van der Waals surface area contributed by atoms with E-state index in [9.17, 15) is 14.7 Å². The highest BCUT2D eigenvalue weighted by molar-refractivity contribution is 5.92. The van der Waals surface area contributed by atoms with Crippen LogP contribution in [0.25, 0.3) is 0 Å². The summed E-state index contributed by atoms with van der Waals surface area (Å²) in [6.07, 6.45) is 0.666. The number of aromatic hydroxyl groups is 1. The molecule has 0 unspecified atom stereocenters. The van der Waals surface area contributed by atoms with Crippen LogP contribution in [0.15, 0.2) is 48.5 Å². The lowest BCUT2D eigenvalue weighted by Crippen LogP contribution is -2.30. The molecular weight excluding hydrogens is 294 g/mol. The summed E-state index contributed by atoms with van der Waals surface area (Å²) in [5.41, 5.74) is 2.24. The van der Waals surface area contributed by atoms with E-state index in [0.29, 0.717) is 24.3 Å². The number of rotatable bonds is 5. The second-order valence-electron chi connectivity index (χ2n) is 5.06. The zero-order valence-electron chi connectivity index (χ0n) is 12.8. The maximum absolute atomic E-state index is 11.8. The van der Waals surface area contributed by atoms with Crippen molar-refractivity contribution in [2.45, 2.75) is 13.3 Å². The van der Waals surface area contributed by atoms with Gasteiger partial charge in [0.2, 0.25) is 5.91 Å². The summed E-state index contributed by atoms with van der Waals surface area (Å²) in [4.78, 5) is 22.9. The maximum atomic E-state index is 11.8. The molecule has 0 heterocycles. The van der Waals surface area contributed by atoms with Crippen molar-refractivity contribution in [2.75, 3.05) is 17.2 Å². The van der Waals surface area contributed by atoms with Gasteiger partial charge in [0.25, 0.3) is 0 Å². The van der Waals surface area contributed by atoms with E-state index in [1.54, 1.807) is 36.4 Å². The minimum Gasteiger partial charge on any atom is -0.508 e. The molecule has 2 rings (SSSR count). The molecule has 120 valence electrons. The normalized spacial score (nSPS) is 9.96. The number of nitrogens with one attached hydrogen (secondary N) is 3. The number of urea groups is 1. The Labute approximate surface area is 134 Å². The van der Waals surface area contributed by atoms with Gasteiger partial charge in [-0.15, -0.1) is 0 Å². The number of amides is 3. The molecule has 0 atom stereocenters. The number of benzene rings is 2. The summed E-state index contributed by atoms with van der Waals surface area (Å²) >= 11 is 0. The first-order valence-corrected chi connectivity index (χ1v) is 7.23. The molecule has 0 bridgehead atoms. The van der Waals surface area contributed by atoms with E-state index in [1.807, 2.05) is 12.1 Å². The topological polar surface area (TPSA) is 90.5 Å². The van der Waals surface area contributed by atoms with Crippen LogP contribution in [0.4, 0.5) is 16.2 Å². The Morgan fingerprint density at radius 2 is 1.65 bits per heavy atom.